The van der Waals surface area contributed by atoms with Gasteiger partial charge in [0.15, 0.2) is 0 Å². The van der Waals surface area contributed by atoms with Crippen molar-refractivity contribution in [3.05, 3.63) is 65.2 Å². The van der Waals surface area contributed by atoms with E-state index in [9.17, 15) is 4.79 Å². The predicted molar refractivity (Wildman–Crippen MR) is 90.7 cm³/mol. The van der Waals surface area contributed by atoms with Gasteiger partial charge in [-0.05, 0) is 35.7 Å². The molecule has 4 heteroatoms. The highest BCUT2D eigenvalue weighted by Crippen LogP contribution is 2.39. The van der Waals surface area contributed by atoms with E-state index >= 15 is 0 Å². The molecule has 0 aliphatic carbocycles. The molecule has 0 aromatic heterocycles. The predicted octanol–water partition coefficient (Wildman–Crippen LogP) is 3.24. The highest BCUT2D eigenvalue weighted by Gasteiger charge is 2.24. The van der Waals surface area contributed by atoms with Gasteiger partial charge >= 0.3 is 0 Å². The van der Waals surface area contributed by atoms with E-state index in [0.29, 0.717) is 13.0 Å². The van der Waals surface area contributed by atoms with Crippen molar-refractivity contribution in [2.75, 3.05) is 6.54 Å². The lowest BCUT2D eigenvalue weighted by Crippen LogP contribution is -2.30. The molecule has 1 aliphatic heterocycles. The highest BCUT2D eigenvalue weighted by molar-refractivity contribution is 7.98. The van der Waals surface area contributed by atoms with E-state index in [0.717, 1.165) is 12.2 Å². The molecule has 0 radical (unpaired) electrons. The molecule has 3 rings (SSSR count). The molecule has 2 aromatic carbocycles. The van der Waals surface area contributed by atoms with Gasteiger partial charge in [-0.25, -0.2) is 0 Å². The molecule has 3 N–H and O–H groups in total. The molecule has 0 spiro atoms. The largest absolute Gasteiger partial charge is 0.345 e. The second-order valence-corrected chi connectivity index (χ2v) is 6.44. The van der Waals surface area contributed by atoms with Gasteiger partial charge in [-0.2, -0.15) is 0 Å². The van der Waals surface area contributed by atoms with Crippen molar-refractivity contribution in [2.24, 2.45) is 5.73 Å². The molecule has 1 atom stereocenters. The Morgan fingerprint density at radius 2 is 1.86 bits per heavy atom. The molecule has 1 heterocycles. The van der Waals surface area contributed by atoms with Crippen molar-refractivity contribution in [3.63, 3.8) is 0 Å². The lowest BCUT2D eigenvalue weighted by atomic mass is 9.95. The average molecular weight is 312 g/mol. The van der Waals surface area contributed by atoms with Crippen molar-refractivity contribution in [1.29, 1.82) is 0 Å². The van der Waals surface area contributed by atoms with Crippen LogP contribution in [0.15, 0.2) is 53.4 Å². The van der Waals surface area contributed by atoms with Crippen molar-refractivity contribution in [3.8, 4) is 0 Å². The number of hydrogen-bond donors (Lipinski definition) is 2. The smallest absolute Gasteiger partial charge is 0.220 e. The van der Waals surface area contributed by atoms with E-state index < -0.39 is 0 Å². The molecule has 1 aliphatic rings. The Hall–Kier alpha value is -1.78. The minimum absolute atomic E-state index is 0.0620. The second kappa shape index (κ2) is 6.99. The van der Waals surface area contributed by atoms with Gasteiger partial charge in [0.2, 0.25) is 5.91 Å². The van der Waals surface area contributed by atoms with Crippen molar-refractivity contribution < 1.29 is 4.79 Å². The van der Waals surface area contributed by atoms with Gasteiger partial charge in [0, 0.05) is 17.1 Å². The summed E-state index contributed by atoms with van der Waals surface area (Å²) in [6.45, 7) is 0.543. The third-order valence-electron chi connectivity index (χ3n) is 3.89. The fourth-order valence-electron chi connectivity index (χ4n) is 2.77. The topological polar surface area (TPSA) is 55.1 Å². The molecule has 0 saturated heterocycles. The summed E-state index contributed by atoms with van der Waals surface area (Å²) in [6.07, 6.45) is 1.20. The zero-order chi connectivity index (χ0) is 15.4. The number of nitrogens with one attached hydrogen (secondary N) is 1. The van der Waals surface area contributed by atoms with Crippen LogP contribution in [0.1, 0.15) is 35.6 Å². The third kappa shape index (κ3) is 3.18. The number of hydrogen-bond acceptors (Lipinski definition) is 3. The van der Waals surface area contributed by atoms with Crippen LogP contribution in [0.2, 0.25) is 0 Å². The lowest BCUT2D eigenvalue weighted by Gasteiger charge is -2.21. The average Bonchev–Trinajstić information content (AvgIpc) is 2.71. The van der Waals surface area contributed by atoms with Crippen LogP contribution in [-0.4, -0.2) is 12.5 Å². The first-order valence-electron chi connectivity index (χ1n) is 7.58. The Balaban J connectivity index is 1.97. The Morgan fingerprint density at radius 1 is 1.14 bits per heavy atom. The molecule has 114 valence electrons. The van der Waals surface area contributed by atoms with E-state index in [1.165, 1.54) is 21.6 Å². The van der Waals surface area contributed by atoms with Gasteiger partial charge in [-0.1, -0.05) is 42.5 Å². The number of thioether (sulfide) groups is 1. The zero-order valence-electron chi connectivity index (χ0n) is 12.4. The zero-order valence-corrected chi connectivity index (χ0v) is 13.2. The Morgan fingerprint density at radius 3 is 2.68 bits per heavy atom. The van der Waals surface area contributed by atoms with Crippen LogP contribution >= 0.6 is 11.8 Å². The van der Waals surface area contributed by atoms with Gasteiger partial charge < -0.3 is 11.1 Å². The minimum atomic E-state index is -0.0762. The summed E-state index contributed by atoms with van der Waals surface area (Å²) in [4.78, 5) is 13.5. The molecule has 0 fully saturated rings. The first-order valence-corrected chi connectivity index (χ1v) is 8.57. The summed E-state index contributed by atoms with van der Waals surface area (Å²) >= 11 is 1.83. The molecule has 2 aromatic rings. The van der Waals surface area contributed by atoms with Crippen LogP contribution in [-0.2, 0) is 10.5 Å². The van der Waals surface area contributed by atoms with Gasteiger partial charge in [0.05, 0.1) is 6.04 Å². The maximum absolute atomic E-state index is 12.2. The van der Waals surface area contributed by atoms with Gasteiger partial charge in [0.25, 0.3) is 0 Å². The van der Waals surface area contributed by atoms with E-state index in [2.05, 4.69) is 41.7 Å². The number of benzene rings is 2. The molecule has 3 nitrogen and oxygen atoms in total. The van der Waals surface area contributed by atoms with E-state index in [-0.39, 0.29) is 11.9 Å². The Labute approximate surface area is 135 Å². The third-order valence-corrected chi connectivity index (χ3v) is 5.03. The Bertz CT molecular complexity index is 624. The van der Waals surface area contributed by atoms with E-state index in [4.69, 9.17) is 5.73 Å². The summed E-state index contributed by atoms with van der Waals surface area (Å²) in [7, 11) is 0. The quantitative estimate of drug-likeness (QED) is 0.911. The molecule has 1 unspecified atom stereocenters. The minimum Gasteiger partial charge on any atom is -0.345 e. The molecule has 0 bridgehead atoms. The molecule has 0 saturated carbocycles. The van der Waals surface area contributed by atoms with Crippen LogP contribution < -0.4 is 11.1 Å². The van der Waals surface area contributed by atoms with Crippen molar-refractivity contribution >= 4 is 17.7 Å². The maximum atomic E-state index is 12.2. The normalized spacial score (nSPS) is 16.3. The SMILES string of the molecule is NCCCC(=O)NC1c2ccccc2CSc2ccccc21. The molecular weight excluding hydrogens is 292 g/mol. The van der Waals surface area contributed by atoms with Crippen LogP contribution in [0, 0.1) is 0 Å². The van der Waals surface area contributed by atoms with E-state index in [1.807, 2.05) is 23.9 Å². The summed E-state index contributed by atoms with van der Waals surface area (Å²) in [5.41, 5.74) is 9.16. The van der Waals surface area contributed by atoms with Crippen LogP contribution in [0.3, 0.4) is 0 Å². The van der Waals surface area contributed by atoms with Gasteiger partial charge in [0.1, 0.15) is 0 Å². The highest BCUT2D eigenvalue weighted by atomic mass is 32.2. The van der Waals surface area contributed by atoms with Gasteiger partial charge in [-0.3, -0.25) is 4.79 Å². The number of amides is 1. The summed E-state index contributed by atoms with van der Waals surface area (Å²) < 4.78 is 0. The van der Waals surface area contributed by atoms with Crippen molar-refractivity contribution in [1.82, 2.24) is 5.32 Å². The number of carbonyl (C=O) groups excluding carboxylic acids is 1. The lowest BCUT2D eigenvalue weighted by molar-refractivity contribution is -0.121. The van der Waals surface area contributed by atoms with Crippen LogP contribution in [0.5, 0.6) is 0 Å². The van der Waals surface area contributed by atoms with Crippen molar-refractivity contribution in [2.45, 2.75) is 29.5 Å². The summed E-state index contributed by atoms with van der Waals surface area (Å²) in [5, 5.41) is 3.20. The Kier molecular flexibility index (Phi) is 4.80. The fraction of sp³-hybridized carbons (Fsp3) is 0.278. The number of carbonyl (C=O) groups is 1. The monoisotopic (exact) mass is 312 g/mol. The standard InChI is InChI=1S/C18H20N2OS/c19-11-5-10-17(21)20-18-14-7-2-1-6-13(14)12-22-16-9-4-3-8-15(16)18/h1-4,6-9,18H,5,10-12,19H2,(H,20,21). The van der Waals surface area contributed by atoms with E-state index in [1.54, 1.807) is 0 Å². The first kappa shape index (κ1) is 15.1. The number of nitrogens with two attached hydrogens (primary N) is 1. The number of rotatable bonds is 4. The van der Waals surface area contributed by atoms with Gasteiger partial charge in [-0.15, -0.1) is 11.8 Å². The van der Waals surface area contributed by atoms with Crippen LogP contribution in [0.25, 0.3) is 0 Å². The summed E-state index contributed by atoms with van der Waals surface area (Å²) in [6, 6.07) is 16.6. The van der Waals surface area contributed by atoms with Crippen LogP contribution in [0.4, 0.5) is 0 Å². The maximum Gasteiger partial charge on any atom is 0.220 e. The second-order valence-electron chi connectivity index (χ2n) is 5.42. The molecule has 1 amide bonds. The summed E-state index contributed by atoms with van der Waals surface area (Å²) in [5.74, 6) is 0.995. The first-order chi connectivity index (χ1) is 10.8. The molecular formula is C18H20N2OS. The fourth-order valence-corrected chi connectivity index (χ4v) is 3.87. The molecule has 22 heavy (non-hydrogen) atoms. The number of fused-ring (bicyclic) bond motifs is 2.